The van der Waals surface area contributed by atoms with Crippen LogP contribution in [0.25, 0.3) is 0 Å². The number of rotatable bonds is 0. The maximum Gasteiger partial charge on any atom is 0.104 e. The van der Waals surface area contributed by atoms with Crippen LogP contribution in [0.2, 0.25) is 0 Å². The Hall–Kier alpha value is -1.33. The first-order valence-electron chi connectivity index (χ1n) is 2.93. The molecule has 0 aliphatic rings. The maximum atomic E-state index is 8.34. The quantitative estimate of drug-likeness (QED) is 0.520. The highest BCUT2D eigenvalue weighted by atomic mass is 16.2. The van der Waals surface area contributed by atoms with Gasteiger partial charge in [-0.1, -0.05) is 11.8 Å². The molecule has 0 bridgehead atoms. The van der Waals surface area contributed by atoms with Crippen molar-refractivity contribution in [3.8, 4) is 11.8 Å². The molecule has 0 amide bonds. The van der Waals surface area contributed by atoms with E-state index in [4.69, 9.17) is 5.11 Å². The van der Waals surface area contributed by atoms with Gasteiger partial charge in [-0.05, 0) is 12.1 Å². The molecule has 10 heavy (non-hydrogen) atoms. The Labute approximate surface area is 59.5 Å². The number of aliphatic hydroxyl groups excluding tert-OH is 1. The number of hydrogen-bond acceptors (Lipinski definition) is 2. The van der Waals surface area contributed by atoms with Crippen molar-refractivity contribution in [3.05, 3.63) is 30.1 Å². The Bertz CT molecular complexity index is 245. The Morgan fingerprint density at radius 2 is 2.10 bits per heavy atom. The molecule has 2 heteroatoms. The zero-order valence-electron chi connectivity index (χ0n) is 5.41. The van der Waals surface area contributed by atoms with E-state index < -0.39 is 0 Å². The van der Waals surface area contributed by atoms with Gasteiger partial charge in [0.15, 0.2) is 0 Å². The van der Waals surface area contributed by atoms with E-state index in [1.165, 1.54) is 0 Å². The molecule has 0 saturated carbocycles. The topological polar surface area (TPSA) is 33.1 Å². The molecule has 0 fully saturated rings. The predicted octanol–water partition coefficient (Wildman–Crippen LogP) is 0.425. The Morgan fingerprint density at radius 1 is 1.40 bits per heavy atom. The average molecular weight is 133 g/mol. The van der Waals surface area contributed by atoms with Crippen molar-refractivity contribution in [1.29, 1.82) is 0 Å². The minimum atomic E-state index is -0.0949. The number of hydrogen-bond donors (Lipinski definition) is 1. The van der Waals surface area contributed by atoms with Crippen LogP contribution in [0.4, 0.5) is 0 Å². The monoisotopic (exact) mass is 133 g/mol. The highest BCUT2D eigenvalue weighted by Crippen LogP contribution is 1.90. The summed E-state index contributed by atoms with van der Waals surface area (Å²) < 4.78 is 0. The molecular weight excluding hydrogens is 126 g/mol. The molecule has 0 saturated heterocycles. The van der Waals surface area contributed by atoms with Crippen molar-refractivity contribution >= 4 is 0 Å². The summed E-state index contributed by atoms with van der Waals surface area (Å²) in [6.45, 7) is -0.0949. The Balaban J connectivity index is 2.76. The fourth-order valence-electron chi connectivity index (χ4n) is 0.577. The summed E-state index contributed by atoms with van der Waals surface area (Å²) in [6, 6.07) is 3.59. The molecule has 0 aliphatic carbocycles. The first kappa shape index (κ1) is 6.79. The molecule has 1 rings (SSSR count). The SMILES string of the molecule is OCC#Cc1ccncc1. The summed E-state index contributed by atoms with van der Waals surface area (Å²) in [7, 11) is 0. The van der Waals surface area contributed by atoms with Crippen LogP contribution in [0.5, 0.6) is 0 Å². The molecule has 1 heterocycles. The second kappa shape index (κ2) is 3.65. The van der Waals surface area contributed by atoms with Gasteiger partial charge in [-0.15, -0.1) is 0 Å². The lowest BCUT2D eigenvalue weighted by atomic mass is 10.3. The smallest absolute Gasteiger partial charge is 0.104 e. The van der Waals surface area contributed by atoms with Crippen molar-refractivity contribution in [1.82, 2.24) is 4.98 Å². The van der Waals surface area contributed by atoms with Gasteiger partial charge < -0.3 is 5.11 Å². The number of aromatic nitrogens is 1. The summed E-state index contributed by atoms with van der Waals surface area (Å²) in [6.07, 6.45) is 3.34. The molecule has 2 nitrogen and oxygen atoms in total. The fraction of sp³-hybridized carbons (Fsp3) is 0.125. The van der Waals surface area contributed by atoms with E-state index >= 15 is 0 Å². The zero-order chi connectivity index (χ0) is 7.23. The second-order valence-corrected chi connectivity index (χ2v) is 1.70. The molecule has 0 atom stereocenters. The van der Waals surface area contributed by atoms with Crippen LogP contribution in [0.1, 0.15) is 5.56 Å². The van der Waals surface area contributed by atoms with Crippen LogP contribution in [-0.2, 0) is 0 Å². The van der Waals surface area contributed by atoms with E-state index in [1.807, 2.05) is 0 Å². The first-order chi connectivity index (χ1) is 4.93. The summed E-state index contributed by atoms with van der Waals surface area (Å²) in [5.41, 5.74) is 0.879. The third kappa shape index (κ3) is 1.88. The normalized spacial score (nSPS) is 8.10. The van der Waals surface area contributed by atoms with E-state index in [-0.39, 0.29) is 6.61 Å². The highest BCUT2D eigenvalue weighted by Gasteiger charge is 1.79. The summed E-state index contributed by atoms with van der Waals surface area (Å²) in [5.74, 6) is 5.30. The standard InChI is InChI=1S/C8H7NO/c10-7-1-2-8-3-5-9-6-4-8/h3-6,10H,7H2. The molecule has 0 aliphatic heterocycles. The highest BCUT2D eigenvalue weighted by molar-refractivity contribution is 5.31. The molecule has 0 radical (unpaired) electrons. The van der Waals surface area contributed by atoms with Crippen LogP contribution in [0.3, 0.4) is 0 Å². The molecule has 1 aromatic heterocycles. The van der Waals surface area contributed by atoms with E-state index in [2.05, 4.69) is 16.8 Å². The second-order valence-electron chi connectivity index (χ2n) is 1.70. The van der Waals surface area contributed by atoms with Gasteiger partial charge in [-0.25, -0.2) is 0 Å². The molecular formula is C8H7NO. The largest absolute Gasteiger partial charge is 0.384 e. The van der Waals surface area contributed by atoms with Crippen molar-refractivity contribution < 1.29 is 5.11 Å². The summed E-state index contributed by atoms with van der Waals surface area (Å²) >= 11 is 0. The van der Waals surface area contributed by atoms with Gasteiger partial charge in [-0.3, -0.25) is 4.98 Å². The maximum absolute atomic E-state index is 8.34. The number of nitrogens with zero attached hydrogens (tertiary/aromatic N) is 1. The number of aliphatic hydroxyl groups is 1. The fourth-order valence-corrected chi connectivity index (χ4v) is 0.577. The summed E-state index contributed by atoms with van der Waals surface area (Å²) in [4.78, 5) is 3.82. The van der Waals surface area contributed by atoms with E-state index in [9.17, 15) is 0 Å². The minimum absolute atomic E-state index is 0.0949. The van der Waals surface area contributed by atoms with Crippen LogP contribution in [0.15, 0.2) is 24.5 Å². The van der Waals surface area contributed by atoms with Crippen LogP contribution < -0.4 is 0 Å². The van der Waals surface area contributed by atoms with Gasteiger partial charge >= 0.3 is 0 Å². The lowest BCUT2D eigenvalue weighted by molar-refractivity contribution is 0.350. The van der Waals surface area contributed by atoms with E-state index in [0.717, 1.165) is 5.56 Å². The molecule has 0 spiro atoms. The molecule has 50 valence electrons. The minimum Gasteiger partial charge on any atom is -0.384 e. The van der Waals surface area contributed by atoms with Gasteiger partial charge in [-0.2, -0.15) is 0 Å². The van der Waals surface area contributed by atoms with Gasteiger partial charge in [0, 0.05) is 18.0 Å². The molecule has 0 aromatic carbocycles. The van der Waals surface area contributed by atoms with Gasteiger partial charge in [0.2, 0.25) is 0 Å². The Morgan fingerprint density at radius 3 is 2.70 bits per heavy atom. The van der Waals surface area contributed by atoms with Crippen LogP contribution in [-0.4, -0.2) is 16.7 Å². The lowest BCUT2D eigenvalue weighted by Gasteiger charge is -1.83. The van der Waals surface area contributed by atoms with E-state index in [0.29, 0.717) is 0 Å². The predicted molar refractivity (Wildman–Crippen MR) is 38.2 cm³/mol. The third-order valence-electron chi connectivity index (χ3n) is 0.992. The van der Waals surface area contributed by atoms with Crippen molar-refractivity contribution in [3.63, 3.8) is 0 Å². The van der Waals surface area contributed by atoms with Gasteiger partial charge in [0.1, 0.15) is 6.61 Å². The van der Waals surface area contributed by atoms with E-state index in [1.54, 1.807) is 24.5 Å². The zero-order valence-corrected chi connectivity index (χ0v) is 5.41. The Kier molecular flexibility index (Phi) is 2.48. The third-order valence-corrected chi connectivity index (χ3v) is 0.992. The van der Waals surface area contributed by atoms with Gasteiger partial charge in [0.25, 0.3) is 0 Å². The first-order valence-corrected chi connectivity index (χ1v) is 2.93. The molecule has 1 aromatic rings. The number of pyridine rings is 1. The average Bonchev–Trinajstić information content (AvgIpc) is 2.03. The molecule has 0 unspecified atom stereocenters. The molecule has 1 N–H and O–H groups in total. The van der Waals surface area contributed by atoms with Crippen molar-refractivity contribution in [2.75, 3.05) is 6.61 Å². The van der Waals surface area contributed by atoms with Crippen LogP contribution in [0, 0.1) is 11.8 Å². The summed E-state index contributed by atoms with van der Waals surface area (Å²) in [5, 5.41) is 8.34. The van der Waals surface area contributed by atoms with Crippen molar-refractivity contribution in [2.24, 2.45) is 0 Å². The van der Waals surface area contributed by atoms with Crippen molar-refractivity contribution in [2.45, 2.75) is 0 Å². The lowest BCUT2D eigenvalue weighted by Crippen LogP contribution is -1.76. The van der Waals surface area contributed by atoms with Gasteiger partial charge in [0.05, 0.1) is 0 Å². The van der Waals surface area contributed by atoms with Crippen LogP contribution >= 0.6 is 0 Å².